The Hall–Kier alpha value is -6.19. The van der Waals surface area contributed by atoms with Gasteiger partial charge in [-0.25, -0.2) is 15.0 Å². The quantitative estimate of drug-likeness (QED) is 0.152. The molecule has 0 aliphatic rings. The Morgan fingerprint density at radius 2 is 0.848 bits per heavy atom. The van der Waals surface area contributed by atoms with Crippen LogP contribution in [0.5, 0.6) is 0 Å². The Kier molecular flexibility index (Phi) is 6.14. The molecule has 0 aliphatic carbocycles. The van der Waals surface area contributed by atoms with Crippen LogP contribution in [-0.2, 0) is 0 Å². The second-order valence-corrected chi connectivity index (χ2v) is 11.6. The topological polar surface area (TPSA) is 38.7 Å². The van der Waals surface area contributed by atoms with E-state index in [0.29, 0.717) is 17.5 Å². The molecule has 0 aliphatic heterocycles. The smallest absolute Gasteiger partial charge is 0.165 e. The van der Waals surface area contributed by atoms with Crippen molar-refractivity contribution in [2.45, 2.75) is 0 Å². The summed E-state index contributed by atoms with van der Waals surface area (Å²) in [5.74, 6) is 1.96. The minimum absolute atomic E-state index is 0.646. The lowest BCUT2D eigenvalue weighted by Crippen LogP contribution is -2.01. The first-order valence-electron chi connectivity index (χ1n) is 15.5. The van der Waals surface area contributed by atoms with Gasteiger partial charge in [-0.05, 0) is 66.3 Å². The predicted octanol–water partition coefficient (Wildman–Crippen LogP) is 11.2. The number of hydrogen-bond donors (Lipinski definition) is 0. The lowest BCUT2D eigenvalue weighted by molar-refractivity contribution is 1.08. The van der Waals surface area contributed by atoms with Gasteiger partial charge in [0, 0.05) is 16.7 Å². The van der Waals surface area contributed by atoms with E-state index in [9.17, 15) is 0 Å². The summed E-state index contributed by atoms with van der Waals surface area (Å²) in [5.41, 5.74) is 5.22. The molecule has 1 heterocycles. The number of fused-ring (bicyclic) bond motifs is 5. The molecule has 0 fully saturated rings. The van der Waals surface area contributed by atoms with Gasteiger partial charge >= 0.3 is 0 Å². The molecule has 3 nitrogen and oxygen atoms in total. The van der Waals surface area contributed by atoms with Gasteiger partial charge in [-0.15, -0.1) is 0 Å². The van der Waals surface area contributed by atoms with Crippen molar-refractivity contribution in [3.05, 3.63) is 164 Å². The summed E-state index contributed by atoms with van der Waals surface area (Å²) in [6, 6.07) is 57.5. The predicted molar refractivity (Wildman–Crippen MR) is 192 cm³/mol. The van der Waals surface area contributed by atoms with Crippen molar-refractivity contribution in [3.63, 3.8) is 0 Å². The summed E-state index contributed by atoms with van der Waals surface area (Å²) in [6.07, 6.45) is 0. The molecule has 0 amide bonds. The number of nitrogens with zero attached hydrogens (tertiary/aromatic N) is 3. The normalized spacial score (nSPS) is 11.5. The Morgan fingerprint density at radius 1 is 0.283 bits per heavy atom. The maximum Gasteiger partial charge on any atom is 0.165 e. The van der Waals surface area contributed by atoms with E-state index >= 15 is 0 Å². The van der Waals surface area contributed by atoms with E-state index in [4.69, 9.17) is 15.0 Å². The molecule has 8 aromatic carbocycles. The summed E-state index contributed by atoms with van der Waals surface area (Å²) in [5, 5.41) is 9.45. The molecule has 0 unspecified atom stereocenters. The zero-order chi connectivity index (χ0) is 30.5. The van der Waals surface area contributed by atoms with Crippen molar-refractivity contribution in [1.29, 1.82) is 0 Å². The largest absolute Gasteiger partial charge is 0.208 e. The maximum atomic E-state index is 5.25. The van der Waals surface area contributed by atoms with Crippen molar-refractivity contribution < 1.29 is 0 Å². The van der Waals surface area contributed by atoms with Crippen LogP contribution in [0.1, 0.15) is 0 Å². The second-order valence-electron chi connectivity index (χ2n) is 11.6. The lowest BCUT2D eigenvalue weighted by atomic mass is 9.93. The molecule has 1 aromatic heterocycles. The average Bonchev–Trinajstić information content (AvgIpc) is 3.14. The SMILES string of the molecule is c1ccc(-c2nc(-c3cccc(-c4cccc5ccccc45)c3)nc(-c3c4ccccc4cc4c3ccc3ccccc34)n2)cc1. The summed E-state index contributed by atoms with van der Waals surface area (Å²) in [6.45, 7) is 0. The van der Waals surface area contributed by atoms with E-state index in [0.717, 1.165) is 38.4 Å². The summed E-state index contributed by atoms with van der Waals surface area (Å²) in [4.78, 5) is 15.5. The number of hydrogen-bond acceptors (Lipinski definition) is 3. The first kappa shape index (κ1) is 26.2. The highest BCUT2D eigenvalue weighted by Gasteiger charge is 2.18. The van der Waals surface area contributed by atoms with Gasteiger partial charge in [0.2, 0.25) is 0 Å². The Bertz CT molecular complexity index is 2580. The Labute approximate surface area is 266 Å². The molecule has 0 spiro atoms. The van der Waals surface area contributed by atoms with Crippen molar-refractivity contribution in [1.82, 2.24) is 15.0 Å². The highest BCUT2D eigenvalue weighted by atomic mass is 15.0. The van der Waals surface area contributed by atoms with Crippen molar-refractivity contribution >= 4 is 43.1 Å². The first-order valence-corrected chi connectivity index (χ1v) is 15.5. The van der Waals surface area contributed by atoms with Gasteiger partial charge in [0.05, 0.1) is 0 Å². The average molecular weight is 586 g/mol. The third kappa shape index (κ3) is 4.41. The molecule has 9 aromatic rings. The van der Waals surface area contributed by atoms with Crippen LogP contribution in [0.4, 0.5) is 0 Å². The van der Waals surface area contributed by atoms with Crippen molar-refractivity contribution in [2.75, 3.05) is 0 Å². The Morgan fingerprint density at radius 3 is 1.67 bits per heavy atom. The molecular formula is C43H27N3. The van der Waals surface area contributed by atoms with E-state index in [1.807, 2.05) is 18.2 Å². The summed E-state index contributed by atoms with van der Waals surface area (Å²) < 4.78 is 0. The molecular weight excluding hydrogens is 558 g/mol. The molecule has 9 rings (SSSR count). The van der Waals surface area contributed by atoms with Crippen LogP contribution in [-0.4, -0.2) is 15.0 Å². The van der Waals surface area contributed by atoms with Gasteiger partial charge in [-0.3, -0.25) is 0 Å². The van der Waals surface area contributed by atoms with Crippen molar-refractivity contribution in [3.8, 4) is 45.3 Å². The molecule has 0 bridgehead atoms. The highest BCUT2D eigenvalue weighted by molar-refractivity contribution is 6.19. The number of rotatable bonds is 4. The zero-order valence-electron chi connectivity index (χ0n) is 24.9. The van der Waals surface area contributed by atoms with Crippen molar-refractivity contribution in [2.24, 2.45) is 0 Å². The molecule has 0 N–H and O–H groups in total. The number of benzene rings is 8. The van der Waals surface area contributed by atoms with Crippen LogP contribution in [0.15, 0.2) is 164 Å². The highest BCUT2D eigenvalue weighted by Crippen LogP contribution is 2.39. The van der Waals surface area contributed by atoms with Crippen LogP contribution in [0.2, 0.25) is 0 Å². The minimum Gasteiger partial charge on any atom is -0.208 e. The van der Waals surface area contributed by atoms with Gasteiger partial charge < -0.3 is 0 Å². The van der Waals surface area contributed by atoms with Gasteiger partial charge in [0.25, 0.3) is 0 Å². The van der Waals surface area contributed by atoms with E-state index in [2.05, 4.69) is 146 Å². The van der Waals surface area contributed by atoms with Crippen LogP contribution in [0.25, 0.3) is 88.4 Å². The maximum absolute atomic E-state index is 5.25. The summed E-state index contributed by atoms with van der Waals surface area (Å²) in [7, 11) is 0. The summed E-state index contributed by atoms with van der Waals surface area (Å²) >= 11 is 0. The molecule has 0 saturated heterocycles. The Balaban J connectivity index is 1.32. The van der Waals surface area contributed by atoms with Gasteiger partial charge in [0.1, 0.15) is 0 Å². The fourth-order valence-corrected chi connectivity index (χ4v) is 6.70. The van der Waals surface area contributed by atoms with Gasteiger partial charge in [-0.2, -0.15) is 0 Å². The minimum atomic E-state index is 0.646. The molecule has 3 heteroatoms. The molecule has 0 saturated carbocycles. The van der Waals surface area contributed by atoms with Crippen LogP contribution in [0, 0.1) is 0 Å². The zero-order valence-corrected chi connectivity index (χ0v) is 24.9. The second kappa shape index (κ2) is 10.8. The van der Waals surface area contributed by atoms with E-state index in [-0.39, 0.29) is 0 Å². The van der Waals surface area contributed by atoms with Crippen LogP contribution in [0.3, 0.4) is 0 Å². The molecule has 0 atom stereocenters. The first-order chi connectivity index (χ1) is 22.8. The lowest BCUT2D eigenvalue weighted by Gasteiger charge is -2.15. The van der Waals surface area contributed by atoms with E-state index in [1.54, 1.807) is 0 Å². The standard InChI is InChI=1S/C43H27N3/c1-2-14-30(15-3-1)41-44-42(33-19-10-18-31(26-33)36-23-11-17-28-12-4-7-20-34(28)36)46-43(45-41)40-37-22-9-6-16-32(37)27-39-35-21-8-5-13-29(35)24-25-38(39)40/h1-27H. The van der Waals surface area contributed by atoms with Gasteiger partial charge in [0.15, 0.2) is 17.5 Å². The molecule has 46 heavy (non-hydrogen) atoms. The van der Waals surface area contributed by atoms with Gasteiger partial charge in [-0.1, -0.05) is 152 Å². The third-order valence-corrected chi connectivity index (χ3v) is 8.88. The molecule has 214 valence electrons. The van der Waals surface area contributed by atoms with E-state index < -0.39 is 0 Å². The van der Waals surface area contributed by atoms with E-state index in [1.165, 1.54) is 32.5 Å². The molecule has 0 radical (unpaired) electrons. The van der Waals surface area contributed by atoms with Crippen LogP contribution < -0.4 is 0 Å². The monoisotopic (exact) mass is 585 g/mol. The third-order valence-electron chi connectivity index (χ3n) is 8.88. The van der Waals surface area contributed by atoms with Crippen LogP contribution >= 0.6 is 0 Å². The fraction of sp³-hybridized carbons (Fsp3) is 0. The fourth-order valence-electron chi connectivity index (χ4n) is 6.70. The number of aromatic nitrogens is 3.